The summed E-state index contributed by atoms with van der Waals surface area (Å²) in [6.45, 7) is 0. The van der Waals surface area contributed by atoms with E-state index in [1.54, 1.807) is 0 Å². The van der Waals surface area contributed by atoms with Gasteiger partial charge in [0, 0.05) is 4.47 Å². The highest BCUT2D eigenvalue weighted by Gasteiger charge is 2.13. The molecular weight excluding hydrogens is 308 g/mol. The first-order valence-electron chi connectivity index (χ1n) is 3.58. The van der Waals surface area contributed by atoms with E-state index >= 15 is 0 Å². The average Bonchev–Trinajstić information content (AvgIpc) is 2.09. The molecule has 1 atom stereocenters. The third-order valence-corrected chi connectivity index (χ3v) is 2.76. The Morgan fingerprint density at radius 2 is 2.20 bits per heavy atom. The Morgan fingerprint density at radius 3 is 2.67 bits per heavy atom. The number of amides is 1. The van der Waals surface area contributed by atoms with Crippen LogP contribution in [0, 0.1) is 0 Å². The van der Waals surface area contributed by atoms with Crippen LogP contribution in [0.4, 0.5) is 5.69 Å². The Bertz CT molecular complexity index is 440. The van der Waals surface area contributed by atoms with Gasteiger partial charge < -0.3 is 5.73 Å². The predicted molar refractivity (Wildman–Crippen MR) is 62.1 cm³/mol. The van der Waals surface area contributed by atoms with Crippen molar-refractivity contribution in [2.45, 2.75) is 0 Å². The monoisotopic (exact) mass is 312 g/mol. The molecule has 0 aliphatic carbocycles. The van der Waals surface area contributed by atoms with Crippen LogP contribution in [-0.2, 0) is 11.3 Å². The van der Waals surface area contributed by atoms with Crippen molar-refractivity contribution in [3.63, 3.8) is 0 Å². The van der Waals surface area contributed by atoms with Gasteiger partial charge in [-0.3, -0.25) is 14.1 Å². The summed E-state index contributed by atoms with van der Waals surface area (Å²) in [5, 5.41) is 0.00750. The van der Waals surface area contributed by atoms with Crippen LogP contribution in [0.2, 0.25) is 5.02 Å². The summed E-state index contributed by atoms with van der Waals surface area (Å²) in [4.78, 5) is 11.0. The van der Waals surface area contributed by atoms with Crippen molar-refractivity contribution in [1.82, 2.24) is 0 Å². The standard InChI is InChI=1S/C7H6BrClN2O3S/c8-3-1-4(7(10)12)6(9)5(2-3)11-15(13)14/h1-2,11H,(H2,10,12)(H,13,14). The van der Waals surface area contributed by atoms with Crippen molar-refractivity contribution in [2.24, 2.45) is 5.73 Å². The molecule has 0 saturated carbocycles. The molecule has 0 aliphatic heterocycles. The minimum Gasteiger partial charge on any atom is -0.366 e. The molecule has 0 fully saturated rings. The van der Waals surface area contributed by atoms with Gasteiger partial charge in [-0.1, -0.05) is 27.5 Å². The van der Waals surface area contributed by atoms with E-state index in [0.29, 0.717) is 4.47 Å². The predicted octanol–water partition coefficient (Wildman–Crippen LogP) is 1.75. The molecule has 1 aromatic rings. The molecule has 0 bridgehead atoms. The van der Waals surface area contributed by atoms with Gasteiger partial charge in [-0.15, -0.1) is 0 Å². The Hall–Kier alpha value is -0.630. The Morgan fingerprint density at radius 1 is 1.60 bits per heavy atom. The zero-order valence-electron chi connectivity index (χ0n) is 7.16. The lowest BCUT2D eigenvalue weighted by Gasteiger charge is -2.08. The minimum absolute atomic E-state index is 0.00750. The normalized spacial score (nSPS) is 12.2. The molecule has 1 unspecified atom stereocenters. The molecule has 0 aliphatic rings. The smallest absolute Gasteiger partial charge is 0.259 e. The second-order valence-corrected chi connectivity index (χ2v) is 4.53. The molecule has 1 aromatic carbocycles. The zero-order chi connectivity index (χ0) is 11.6. The van der Waals surface area contributed by atoms with E-state index in [1.165, 1.54) is 12.1 Å². The van der Waals surface area contributed by atoms with Gasteiger partial charge in [-0.25, -0.2) is 4.21 Å². The van der Waals surface area contributed by atoms with Crippen LogP contribution in [0.25, 0.3) is 0 Å². The summed E-state index contributed by atoms with van der Waals surface area (Å²) in [7, 11) is 0. The van der Waals surface area contributed by atoms with Gasteiger partial charge in [0.15, 0.2) is 0 Å². The second-order valence-electron chi connectivity index (χ2n) is 2.53. The molecule has 0 radical (unpaired) electrons. The number of benzene rings is 1. The number of nitrogens with two attached hydrogens (primary N) is 1. The summed E-state index contributed by atoms with van der Waals surface area (Å²) in [6, 6.07) is 2.89. The molecule has 5 nitrogen and oxygen atoms in total. The Kier molecular flexibility index (Phi) is 4.09. The first-order chi connectivity index (χ1) is 6.91. The highest BCUT2D eigenvalue weighted by Crippen LogP contribution is 2.30. The van der Waals surface area contributed by atoms with E-state index in [-0.39, 0.29) is 16.3 Å². The summed E-state index contributed by atoms with van der Waals surface area (Å²) in [5.41, 5.74) is 5.29. The van der Waals surface area contributed by atoms with E-state index in [2.05, 4.69) is 20.7 Å². The van der Waals surface area contributed by atoms with Crippen molar-refractivity contribution in [1.29, 1.82) is 0 Å². The zero-order valence-corrected chi connectivity index (χ0v) is 10.3. The molecule has 4 N–H and O–H groups in total. The van der Waals surface area contributed by atoms with Gasteiger partial charge in [0.05, 0.1) is 16.3 Å². The van der Waals surface area contributed by atoms with Crippen LogP contribution in [-0.4, -0.2) is 14.7 Å². The topological polar surface area (TPSA) is 92.4 Å². The van der Waals surface area contributed by atoms with Crippen molar-refractivity contribution in [3.05, 3.63) is 27.2 Å². The van der Waals surface area contributed by atoms with Gasteiger partial charge in [0.1, 0.15) is 0 Å². The van der Waals surface area contributed by atoms with Crippen molar-refractivity contribution in [2.75, 3.05) is 4.72 Å². The fraction of sp³-hybridized carbons (Fsp3) is 0. The van der Waals surface area contributed by atoms with E-state index in [0.717, 1.165) is 0 Å². The van der Waals surface area contributed by atoms with Crippen LogP contribution in [0.15, 0.2) is 16.6 Å². The Balaban J connectivity index is 3.28. The number of halogens is 2. The molecule has 1 amide bonds. The van der Waals surface area contributed by atoms with Crippen LogP contribution < -0.4 is 10.5 Å². The fourth-order valence-electron chi connectivity index (χ4n) is 0.937. The molecule has 0 spiro atoms. The molecule has 0 heterocycles. The molecule has 0 saturated heterocycles. The molecule has 82 valence electrons. The number of carbonyl (C=O) groups excluding carboxylic acids is 1. The van der Waals surface area contributed by atoms with Gasteiger partial charge in [0.25, 0.3) is 11.3 Å². The number of rotatable bonds is 3. The summed E-state index contributed by atoms with van der Waals surface area (Å²) in [5.74, 6) is -0.715. The summed E-state index contributed by atoms with van der Waals surface area (Å²) >= 11 is 6.64. The maximum absolute atomic E-state index is 11.0. The van der Waals surface area contributed by atoms with Crippen molar-refractivity contribution >= 4 is 50.4 Å². The largest absolute Gasteiger partial charge is 0.366 e. The molecule has 1 rings (SSSR count). The van der Waals surface area contributed by atoms with E-state index < -0.39 is 17.2 Å². The van der Waals surface area contributed by atoms with Gasteiger partial charge in [-0.2, -0.15) is 0 Å². The van der Waals surface area contributed by atoms with Crippen LogP contribution in [0.5, 0.6) is 0 Å². The van der Waals surface area contributed by atoms with Gasteiger partial charge in [0.2, 0.25) is 5.91 Å². The number of primary amides is 1. The van der Waals surface area contributed by atoms with Crippen molar-refractivity contribution < 1.29 is 13.6 Å². The highest BCUT2D eigenvalue weighted by molar-refractivity contribution is 9.10. The third kappa shape index (κ3) is 3.16. The average molecular weight is 314 g/mol. The summed E-state index contributed by atoms with van der Waals surface area (Å²) in [6.07, 6.45) is 0. The van der Waals surface area contributed by atoms with Crippen molar-refractivity contribution in [3.8, 4) is 0 Å². The fourth-order valence-corrected chi connectivity index (χ4v) is 2.05. The maximum atomic E-state index is 11.0. The quantitative estimate of drug-likeness (QED) is 0.742. The number of anilines is 1. The first-order valence-corrected chi connectivity index (χ1v) is 5.86. The number of hydrogen-bond acceptors (Lipinski definition) is 2. The van der Waals surface area contributed by atoms with Crippen LogP contribution in [0.3, 0.4) is 0 Å². The summed E-state index contributed by atoms with van der Waals surface area (Å²) < 4.78 is 21.8. The first kappa shape index (κ1) is 12.4. The number of carbonyl (C=O) groups is 1. The van der Waals surface area contributed by atoms with Gasteiger partial charge >= 0.3 is 0 Å². The molecule has 0 aromatic heterocycles. The highest BCUT2D eigenvalue weighted by atomic mass is 79.9. The third-order valence-electron chi connectivity index (χ3n) is 1.50. The van der Waals surface area contributed by atoms with Crippen LogP contribution in [0.1, 0.15) is 10.4 Å². The molecule has 8 heteroatoms. The van der Waals surface area contributed by atoms with E-state index in [1.807, 2.05) is 0 Å². The number of nitrogens with one attached hydrogen (secondary N) is 1. The van der Waals surface area contributed by atoms with Crippen LogP contribution >= 0.6 is 27.5 Å². The lowest BCUT2D eigenvalue weighted by Crippen LogP contribution is -2.13. The van der Waals surface area contributed by atoms with E-state index in [4.69, 9.17) is 21.9 Å². The number of hydrogen-bond donors (Lipinski definition) is 3. The lowest BCUT2D eigenvalue weighted by molar-refractivity contribution is 0.100. The van der Waals surface area contributed by atoms with E-state index in [9.17, 15) is 9.00 Å². The Labute approximate surface area is 102 Å². The SMILES string of the molecule is NC(=O)c1cc(Br)cc(NS(=O)O)c1Cl. The molecular formula is C7H6BrClN2O3S. The maximum Gasteiger partial charge on any atom is 0.259 e. The van der Waals surface area contributed by atoms with Gasteiger partial charge in [-0.05, 0) is 12.1 Å². The minimum atomic E-state index is -2.26. The lowest BCUT2D eigenvalue weighted by atomic mass is 10.2. The second kappa shape index (κ2) is 4.93. The molecule has 15 heavy (non-hydrogen) atoms.